The van der Waals surface area contributed by atoms with Crippen LogP contribution >= 0.6 is 0 Å². The molecule has 0 bridgehead atoms. The van der Waals surface area contributed by atoms with Crippen molar-refractivity contribution in [2.45, 2.75) is 6.92 Å². The molecule has 0 saturated carbocycles. The summed E-state index contributed by atoms with van der Waals surface area (Å²) in [6.07, 6.45) is 3.94. The summed E-state index contributed by atoms with van der Waals surface area (Å²) in [5, 5.41) is 0. The highest BCUT2D eigenvalue weighted by Gasteiger charge is 1.98. The maximum atomic E-state index is 10.1. The van der Waals surface area contributed by atoms with Crippen molar-refractivity contribution >= 4 is 12.4 Å². The average molecular weight is 176 g/mol. The molecule has 0 radical (unpaired) electrons. The van der Waals surface area contributed by atoms with E-state index in [1.807, 2.05) is 25.1 Å². The van der Waals surface area contributed by atoms with Gasteiger partial charge < -0.3 is 4.74 Å². The Morgan fingerprint density at radius 3 is 2.77 bits per heavy atom. The van der Waals surface area contributed by atoms with Crippen LogP contribution in [0.4, 0.5) is 0 Å². The Labute approximate surface area is 77.8 Å². The molecule has 0 N–H and O–H groups in total. The molecule has 13 heavy (non-hydrogen) atoms. The lowest BCUT2D eigenvalue weighted by atomic mass is 10.1. The van der Waals surface area contributed by atoms with Crippen LogP contribution in [0.3, 0.4) is 0 Å². The molecule has 0 aliphatic carbocycles. The van der Waals surface area contributed by atoms with Crippen molar-refractivity contribution in [3.63, 3.8) is 0 Å². The first-order chi connectivity index (χ1) is 6.27. The standard InChI is InChI=1S/C11H12O2/c1-9-5-6-11(13-2)10(8-9)4-3-7-12/h3-8H,1-2H3/b4-3-. The molecule has 68 valence electrons. The monoisotopic (exact) mass is 176 g/mol. The fourth-order valence-electron chi connectivity index (χ4n) is 1.13. The van der Waals surface area contributed by atoms with Crippen LogP contribution in [0, 0.1) is 6.92 Å². The molecule has 1 aromatic carbocycles. The van der Waals surface area contributed by atoms with Crippen molar-refractivity contribution in [3.8, 4) is 5.75 Å². The van der Waals surface area contributed by atoms with Crippen LogP contribution in [-0.4, -0.2) is 13.4 Å². The van der Waals surface area contributed by atoms with Crippen LogP contribution in [0.5, 0.6) is 5.75 Å². The minimum absolute atomic E-state index is 0.752. The predicted molar refractivity (Wildman–Crippen MR) is 52.8 cm³/mol. The molecular weight excluding hydrogens is 164 g/mol. The van der Waals surface area contributed by atoms with Gasteiger partial charge in [0.05, 0.1) is 7.11 Å². The number of aldehydes is 1. The van der Waals surface area contributed by atoms with E-state index in [2.05, 4.69) is 0 Å². The summed E-state index contributed by atoms with van der Waals surface area (Å²) in [5.74, 6) is 0.781. The lowest BCUT2D eigenvalue weighted by molar-refractivity contribution is -0.104. The van der Waals surface area contributed by atoms with Gasteiger partial charge in [0.25, 0.3) is 0 Å². The Bertz CT molecular complexity index is 327. The third-order valence-corrected chi connectivity index (χ3v) is 1.74. The van der Waals surface area contributed by atoms with Gasteiger partial charge in [-0.3, -0.25) is 4.79 Å². The van der Waals surface area contributed by atoms with E-state index in [1.165, 1.54) is 6.08 Å². The maximum Gasteiger partial charge on any atom is 0.142 e. The Morgan fingerprint density at radius 2 is 2.15 bits per heavy atom. The first-order valence-electron chi connectivity index (χ1n) is 4.04. The summed E-state index contributed by atoms with van der Waals surface area (Å²) < 4.78 is 5.13. The SMILES string of the molecule is COc1ccc(C)cc1/C=C\C=O. The topological polar surface area (TPSA) is 26.3 Å². The zero-order valence-corrected chi connectivity index (χ0v) is 7.78. The number of methoxy groups -OCH3 is 1. The molecule has 1 rings (SSSR count). The average Bonchev–Trinajstić information content (AvgIpc) is 2.15. The van der Waals surface area contributed by atoms with Crippen LogP contribution in [0.15, 0.2) is 24.3 Å². The van der Waals surface area contributed by atoms with Gasteiger partial charge in [-0.2, -0.15) is 0 Å². The third kappa shape index (κ3) is 2.44. The van der Waals surface area contributed by atoms with Gasteiger partial charge in [0.15, 0.2) is 0 Å². The number of carbonyl (C=O) groups is 1. The van der Waals surface area contributed by atoms with Crippen LogP contribution in [-0.2, 0) is 4.79 Å². The van der Waals surface area contributed by atoms with E-state index in [0.29, 0.717) is 0 Å². The molecule has 0 aromatic heterocycles. The first-order valence-corrected chi connectivity index (χ1v) is 4.04. The number of allylic oxidation sites excluding steroid dienone is 1. The van der Waals surface area contributed by atoms with E-state index in [9.17, 15) is 4.79 Å². The summed E-state index contributed by atoms with van der Waals surface area (Å²) >= 11 is 0. The smallest absolute Gasteiger partial charge is 0.142 e. The van der Waals surface area contributed by atoms with Crippen molar-refractivity contribution in [2.24, 2.45) is 0 Å². The molecule has 2 nitrogen and oxygen atoms in total. The van der Waals surface area contributed by atoms with Gasteiger partial charge in [-0.05, 0) is 31.2 Å². The number of aryl methyl sites for hydroxylation is 1. The number of ether oxygens (including phenoxy) is 1. The third-order valence-electron chi connectivity index (χ3n) is 1.74. The van der Waals surface area contributed by atoms with E-state index in [0.717, 1.165) is 23.2 Å². The van der Waals surface area contributed by atoms with Crippen LogP contribution in [0.1, 0.15) is 11.1 Å². The van der Waals surface area contributed by atoms with E-state index >= 15 is 0 Å². The molecule has 2 heteroatoms. The summed E-state index contributed by atoms with van der Waals surface area (Å²) in [5.41, 5.74) is 2.07. The number of benzene rings is 1. The molecular formula is C11H12O2. The second-order valence-corrected chi connectivity index (χ2v) is 2.74. The van der Waals surface area contributed by atoms with Gasteiger partial charge in [0.2, 0.25) is 0 Å². The Balaban J connectivity index is 3.07. The van der Waals surface area contributed by atoms with Gasteiger partial charge in [0.1, 0.15) is 12.0 Å². The van der Waals surface area contributed by atoms with Gasteiger partial charge in [0, 0.05) is 5.56 Å². The number of hydrogen-bond donors (Lipinski definition) is 0. The Hall–Kier alpha value is -1.57. The van der Waals surface area contributed by atoms with Crippen LogP contribution in [0.2, 0.25) is 0 Å². The molecule has 0 aliphatic rings. The number of hydrogen-bond acceptors (Lipinski definition) is 2. The molecule has 0 aliphatic heterocycles. The van der Waals surface area contributed by atoms with Gasteiger partial charge in [-0.15, -0.1) is 0 Å². The largest absolute Gasteiger partial charge is 0.496 e. The second kappa shape index (κ2) is 4.45. The molecule has 0 unspecified atom stereocenters. The lowest BCUT2D eigenvalue weighted by Gasteiger charge is -2.04. The summed E-state index contributed by atoms with van der Waals surface area (Å²) in [4.78, 5) is 10.1. The van der Waals surface area contributed by atoms with Crippen molar-refractivity contribution in [1.82, 2.24) is 0 Å². The maximum absolute atomic E-state index is 10.1. The van der Waals surface area contributed by atoms with Crippen molar-refractivity contribution < 1.29 is 9.53 Å². The van der Waals surface area contributed by atoms with E-state index in [-0.39, 0.29) is 0 Å². The fourth-order valence-corrected chi connectivity index (χ4v) is 1.13. The summed E-state index contributed by atoms with van der Waals surface area (Å²) in [7, 11) is 1.61. The van der Waals surface area contributed by atoms with Gasteiger partial charge >= 0.3 is 0 Å². The minimum Gasteiger partial charge on any atom is -0.496 e. The molecule has 0 amide bonds. The van der Waals surface area contributed by atoms with Crippen LogP contribution < -0.4 is 4.74 Å². The molecule has 0 spiro atoms. The first kappa shape index (κ1) is 9.52. The van der Waals surface area contributed by atoms with Crippen molar-refractivity contribution in [1.29, 1.82) is 0 Å². The normalized spacial score (nSPS) is 10.3. The summed E-state index contributed by atoms with van der Waals surface area (Å²) in [6, 6.07) is 5.83. The molecule has 0 saturated heterocycles. The number of carbonyl (C=O) groups excluding carboxylic acids is 1. The zero-order valence-electron chi connectivity index (χ0n) is 7.78. The highest BCUT2D eigenvalue weighted by molar-refractivity contribution is 5.75. The van der Waals surface area contributed by atoms with Crippen molar-refractivity contribution in [3.05, 3.63) is 35.4 Å². The quantitative estimate of drug-likeness (QED) is 0.521. The van der Waals surface area contributed by atoms with E-state index < -0.39 is 0 Å². The zero-order chi connectivity index (χ0) is 9.68. The Kier molecular flexibility index (Phi) is 3.26. The molecule has 1 aromatic rings. The molecule has 0 atom stereocenters. The van der Waals surface area contributed by atoms with Gasteiger partial charge in [-0.25, -0.2) is 0 Å². The predicted octanol–water partition coefficient (Wildman–Crippen LogP) is 2.22. The molecule has 0 fully saturated rings. The lowest BCUT2D eigenvalue weighted by Crippen LogP contribution is -1.87. The van der Waals surface area contributed by atoms with E-state index in [4.69, 9.17) is 4.74 Å². The second-order valence-electron chi connectivity index (χ2n) is 2.74. The highest BCUT2D eigenvalue weighted by atomic mass is 16.5. The highest BCUT2D eigenvalue weighted by Crippen LogP contribution is 2.20. The minimum atomic E-state index is 0.752. The van der Waals surface area contributed by atoms with Gasteiger partial charge in [-0.1, -0.05) is 11.6 Å². The van der Waals surface area contributed by atoms with Crippen LogP contribution in [0.25, 0.3) is 6.08 Å². The number of rotatable bonds is 3. The van der Waals surface area contributed by atoms with Crippen molar-refractivity contribution in [2.75, 3.05) is 7.11 Å². The Morgan fingerprint density at radius 1 is 1.38 bits per heavy atom. The fraction of sp³-hybridized carbons (Fsp3) is 0.182. The molecule has 0 heterocycles. The summed E-state index contributed by atoms with van der Waals surface area (Å²) in [6.45, 7) is 2.00. The van der Waals surface area contributed by atoms with E-state index in [1.54, 1.807) is 13.2 Å².